The average molecular weight is 465 g/mol. The SMILES string of the molecule is CCOc1ccc(-n2cccc2C=Nn2c(CC)nc3ccc(Br)cc3c2=O)cc1. The number of ether oxygens (including phenoxy) is 1. The van der Waals surface area contributed by atoms with Gasteiger partial charge >= 0.3 is 0 Å². The van der Waals surface area contributed by atoms with Crippen molar-refractivity contribution in [3.8, 4) is 11.4 Å². The summed E-state index contributed by atoms with van der Waals surface area (Å²) < 4.78 is 9.72. The first-order valence-electron chi connectivity index (χ1n) is 9.77. The monoisotopic (exact) mass is 464 g/mol. The quantitative estimate of drug-likeness (QED) is 0.385. The molecule has 0 radical (unpaired) electrons. The summed E-state index contributed by atoms with van der Waals surface area (Å²) in [4.78, 5) is 17.7. The van der Waals surface area contributed by atoms with Crippen LogP contribution in [0.15, 0.2) is 75.2 Å². The van der Waals surface area contributed by atoms with Gasteiger partial charge in [0.2, 0.25) is 0 Å². The predicted molar refractivity (Wildman–Crippen MR) is 123 cm³/mol. The number of halogens is 1. The molecule has 0 saturated carbocycles. The fourth-order valence-electron chi connectivity index (χ4n) is 3.26. The van der Waals surface area contributed by atoms with E-state index < -0.39 is 0 Å². The normalized spacial score (nSPS) is 11.4. The van der Waals surface area contributed by atoms with Crippen LogP contribution >= 0.6 is 15.9 Å². The molecule has 4 rings (SSSR count). The average Bonchev–Trinajstić information content (AvgIpc) is 3.22. The molecule has 0 spiro atoms. The van der Waals surface area contributed by atoms with Crippen molar-refractivity contribution < 1.29 is 4.74 Å². The smallest absolute Gasteiger partial charge is 0.282 e. The van der Waals surface area contributed by atoms with Crippen LogP contribution in [-0.4, -0.2) is 27.0 Å². The summed E-state index contributed by atoms with van der Waals surface area (Å²) in [6.45, 7) is 4.55. The zero-order valence-corrected chi connectivity index (χ0v) is 18.3. The minimum Gasteiger partial charge on any atom is -0.494 e. The van der Waals surface area contributed by atoms with E-state index in [2.05, 4.69) is 26.0 Å². The van der Waals surface area contributed by atoms with E-state index >= 15 is 0 Å². The van der Waals surface area contributed by atoms with E-state index in [-0.39, 0.29) is 5.56 Å². The van der Waals surface area contributed by atoms with E-state index in [0.717, 1.165) is 21.6 Å². The highest BCUT2D eigenvalue weighted by molar-refractivity contribution is 9.10. The van der Waals surface area contributed by atoms with Gasteiger partial charge in [-0.3, -0.25) is 4.79 Å². The van der Waals surface area contributed by atoms with Crippen molar-refractivity contribution in [2.45, 2.75) is 20.3 Å². The summed E-state index contributed by atoms with van der Waals surface area (Å²) >= 11 is 3.42. The first-order chi connectivity index (χ1) is 14.6. The van der Waals surface area contributed by atoms with E-state index in [0.29, 0.717) is 29.8 Å². The molecule has 0 atom stereocenters. The number of aromatic nitrogens is 3. The summed E-state index contributed by atoms with van der Waals surface area (Å²) in [5.74, 6) is 1.45. The Labute approximate surface area is 182 Å². The topological polar surface area (TPSA) is 61.4 Å². The molecule has 4 aromatic rings. The lowest BCUT2D eigenvalue weighted by Gasteiger charge is -2.09. The van der Waals surface area contributed by atoms with Crippen LogP contribution in [0.4, 0.5) is 0 Å². The second-order valence-electron chi connectivity index (χ2n) is 6.63. The third-order valence-electron chi connectivity index (χ3n) is 4.70. The minimum absolute atomic E-state index is 0.187. The third kappa shape index (κ3) is 3.93. The van der Waals surface area contributed by atoms with Crippen molar-refractivity contribution in [2.24, 2.45) is 5.10 Å². The van der Waals surface area contributed by atoms with Crippen molar-refractivity contribution in [3.63, 3.8) is 0 Å². The van der Waals surface area contributed by atoms with Gasteiger partial charge in [0, 0.05) is 22.8 Å². The standard InChI is InChI=1S/C23H21BrN4O2/c1-3-22-26-21-12-7-16(24)14-20(21)23(29)28(22)25-15-18-6-5-13-27(18)17-8-10-19(11-9-17)30-4-2/h5-15H,3-4H2,1-2H3. The largest absolute Gasteiger partial charge is 0.494 e. The molecule has 0 saturated heterocycles. The van der Waals surface area contributed by atoms with Crippen molar-refractivity contribution in [3.05, 3.63) is 87.1 Å². The molecular weight excluding hydrogens is 444 g/mol. The van der Waals surface area contributed by atoms with Crippen LogP contribution in [-0.2, 0) is 6.42 Å². The maximum absolute atomic E-state index is 13.0. The Morgan fingerprint density at radius 1 is 1.13 bits per heavy atom. The molecule has 2 aromatic heterocycles. The summed E-state index contributed by atoms with van der Waals surface area (Å²) in [7, 11) is 0. The molecule has 7 heteroatoms. The van der Waals surface area contributed by atoms with E-state index in [1.54, 1.807) is 12.3 Å². The van der Waals surface area contributed by atoms with Crippen LogP contribution in [0.5, 0.6) is 5.75 Å². The summed E-state index contributed by atoms with van der Waals surface area (Å²) in [5.41, 5.74) is 2.31. The molecule has 2 aromatic carbocycles. The lowest BCUT2D eigenvalue weighted by Crippen LogP contribution is -2.22. The molecule has 0 aliphatic rings. The van der Waals surface area contributed by atoms with Crippen LogP contribution < -0.4 is 10.3 Å². The highest BCUT2D eigenvalue weighted by Gasteiger charge is 2.10. The van der Waals surface area contributed by atoms with Gasteiger partial charge in [-0.25, -0.2) is 4.98 Å². The second-order valence-corrected chi connectivity index (χ2v) is 7.55. The second kappa shape index (κ2) is 8.67. The molecule has 0 amide bonds. The van der Waals surface area contributed by atoms with Crippen LogP contribution in [0.1, 0.15) is 25.4 Å². The molecule has 6 nitrogen and oxygen atoms in total. The number of hydrogen-bond acceptors (Lipinski definition) is 4. The van der Waals surface area contributed by atoms with Crippen LogP contribution in [0.3, 0.4) is 0 Å². The van der Waals surface area contributed by atoms with Crippen molar-refractivity contribution in [2.75, 3.05) is 6.61 Å². The number of rotatable bonds is 6. The number of hydrogen-bond donors (Lipinski definition) is 0. The summed E-state index contributed by atoms with van der Waals surface area (Å²) in [6, 6.07) is 17.2. The van der Waals surface area contributed by atoms with Crippen molar-refractivity contribution in [1.29, 1.82) is 0 Å². The fraction of sp³-hybridized carbons (Fsp3) is 0.174. The van der Waals surface area contributed by atoms with Crippen LogP contribution in [0, 0.1) is 0 Å². The lowest BCUT2D eigenvalue weighted by molar-refractivity contribution is 0.340. The predicted octanol–water partition coefficient (Wildman–Crippen LogP) is 4.79. The van der Waals surface area contributed by atoms with Gasteiger partial charge in [0.25, 0.3) is 5.56 Å². The lowest BCUT2D eigenvalue weighted by atomic mass is 10.2. The Balaban J connectivity index is 1.73. The van der Waals surface area contributed by atoms with Gasteiger partial charge < -0.3 is 9.30 Å². The first kappa shape index (κ1) is 20.1. The molecular formula is C23H21BrN4O2. The van der Waals surface area contributed by atoms with Gasteiger partial charge in [0.05, 0.1) is 29.4 Å². The molecule has 0 unspecified atom stereocenters. The van der Waals surface area contributed by atoms with Crippen molar-refractivity contribution >= 4 is 33.0 Å². The molecule has 2 heterocycles. The van der Waals surface area contributed by atoms with E-state index in [1.165, 1.54) is 4.68 Å². The zero-order chi connectivity index (χ0) is 21.1. The van der Waals surface area contributed by atoms with Crippen LogP contribution in [0.25, 0.3) is 16.6 Å². The Bertz CT molecular complexity index is 1270. The Morgan fingerprint density at radius 2 is 1.93 bits per heavy atom. The summed E-state index contributed by atoms with van der Waals surface area (Å²) in [5, 5.41) is 5.02. The Hall–Kier alpha value is -3.19. The Kier molecular flexibility index (Phi) is 5.81. The number of nitrogens with zero attached hydrogens (tertiary/aromatic N) is 4. The summed E-state index contributed by atoms with van der Waals surface area (Å²) in [6.07, 6.45) is 4.23. The van der Waals surface area contributed by atoms with Crippen molar-refractivity contribution in [1.82, 2.24) is 14.2 Å². The van der Waals surface area contributed by atoms with Crippen LogP contribution in [0.2, 0.25) is 0 Å². The van der Waals surface area contributed by atoms with E-state index in [9.17, 15) is 4.79 Å². The molecule has 0 fully saturated rings. The first-order valence-corrected chi connectivity index (χ1v) is 10.6. The van der Waals surface area contributed by atoms with Gasteiger partial charge in [-0.2, -0.15) is 9.78 Å². The van der Waals surface area contributed by atoms with Gasteiger partial charge in [-0.05, 0) is 61.5 Å². The number of aryl methyl sites for hydroxylation is 1. The Morgan fingerprint density at radius 3 is 2.67 bits per heavy atom. The molecule has 152 valence electrons. The zero-order valence-electron chi connectivity index (χ0n) is 16.7. The molecule has 0 aliphatic heterocycles. The van der Waals surface area contributed by atoms with Gasteiger partial charge in [0.1, 0.15) is 11.6 Å². The van der Waals surface area contributed by atoms with Gasteiger partial charge in [-0.1, -0.05) is 22.9 Å². The molecule has 0 bridgehead atoms. The molecule has 30 heavy (non-hydrogen) atoms. The third-order valence-corrected chi connectivity index (χ3v) is 5.20. The van der Waals surface area contributed by atoms with Gasteiger partial charge in [0.15, 0.2) is 0 Å². The van der Waals surface area contributed by atoms with E-state index in [1.807, 2.05) is 73.1 Å². The molecule has 0 N–H and O–H groups in total. The maximum atomic E-state index is 13.0. The minimum atomic E-state index is -0.187. The maximum Gasteiger partial charge on any atom is 0.282 e. The number of benzene rings is 2. The fourth-order valence-corrected chi connectivity index (χ4v) is 3.62. The molecule has 0 aliphatic carbocycles. The highest BCUT2D eigenvalue weighted by Crippen LogP contribution is 2.18. The number of fused-ring (bicyclic) bond motifs is 1. The van der Waals surface area contributed by atoms with Gasteiger partial charge in [-0.15, -0.1) is 0 Å². The highest BCUT2D eigenvalue weighted by atomic mass is 79.9. The van der Waals surface area contributed by atoms with E-state index in [4.69, 9.17) is 4.74 Å².